The smallest absolute Gasteiger partial charge is 0.225 e. The van der Waals surface area contributed by atoms with Gasteiger partial charge in [-0.1, -0.05) is 6.92 Å². The number of carbonyl (C=O) groups is 1. The summed E-state index contributed by atoms with van der Waals surface area (Å²) in [4.78, 5) is 23.5. The van der Waals surface area contributed by atoms with E-state index >= 15 is 0 Å². The molecule has 138 valence electrons. The topological polar surface area (TPSA) is 58.1 Å². The molecule has 0 bridgehead atoms. The Morgan fingerprint density at radius 3 is 2.85 bits per heavy atom. The first kappa shape index (κ1) is 18.3. The number of amides is 1. The number of nitrogens with zero attached hydrogens (tertiary/aromatic N) is 3. The first-order chi connectivity index (χ1) is 12.6. The van der Waals surface area contributed by atoms with Gasteiger partial charge in [-0.05, 0) is 56.5 Å². The third kappa shape index (κ3) is 4.36. The molecule has 1 aliphatic heterocycles. The molecule has 2 atom stereocenters. The molecule has 1 fully saturated rings. The van der Waals surface area contributed by atoms with E-state index in [0.717, 1.165) is 37.2 Å². The first-order valence-corrected chi connectivity index (χ1v) is 9.21. The monoisotopic (exact) mass is 356 g/mol. The first-order valence-electron chi connectivity index (χ1n) is 9.21. The van der Waals surface area contributed by atoms with Crippen molar-refractivity contribution in [1.82, 2.24) is 15.3 Å². The van der Waals surface area contributed by atoms with Crippen molar-refractivity contribution in [1.29, 1.82) is 0 Å². The van der Waals surface area contributed by atoms with E-state index in [2.05, 4.69) is 27.1 Å². The molecule has 3 rings (SSSR count). The number of hydrogen-bond acceptors (Lipinski definition) is 4. The molecule has 2 aromatic rings. The molecule has 26 heavy (non-hydrogen) atoms. The number of benzene rings is 1. The Hall–Kier alpha value is -2.50. The van der Waals surface area contributed by atoms with Crippen molar-refractivity contribution in [3.63, 3.8) is 0 Å². The van der Waals surface area contributed by atoms with E-state index in [1.54, 1.807) is 18.3 Å². The average molecular weight is 356 g/mol. The Bertz CT molecular complexity index is 750. The molecule has 0 radical (unpaired) electrons. The van der Waals surface area contributed by atoms with Gasteiger partial charge >= 0.3 is 0 Å². The summed E-state index contributed by atoms with van der Waals surface area (Å²) in [5, 5.41) is 3.08. The van der Waals surface area contributed by atoms with E-state index in [0.29, 0.717) is 12.4 Å². The summed E-state index contributed by atoms with van der Waals surface area (Å²) < 4.78 is 13.1. The molecule has 5 nitrogen and oxygen atoms in total. The van der Waals surface area contributed by atoms with Crippen LogP contribution in [-0.2, 0) is 4.79 Å². The molecule has 2 heterocycles. The lowest BCUT2D eigenvalue weighted by atomic mass is 9.96. The van der Waals surface area contributed by atoms with Crippen molar-refractivity contribution in [2.45, 2.75) is 39.2 Å². The number of halogens is 1. The lowest BCUT2D eigenvalue weighted by Crippen LogP contribution is -2.45. The van der Waals surface area contributed by atoms with Gasteiger partial charge in [0, 0.05) is 30.9 Å². The van der Waals surface area contributed by atoms with Crippen molar-refractivity contribution >= 4 is 11.7 Å². The van der Waals surface area contributed by atoms with Crippen LogP contribution in [-0.4, -0.2) is 35.0 Å². The predicted molar refractivity (Wildman–Crippen MR) is 100 cm³/mol. The van der Waals surface area contributed by atoms with Gasteiger partial charge < -0.3 is 10.2 Å². The normalized spacial score (nSPS) is 18.4. The number of rotatable bonds is 5. The average Bonchev–Trinajstić information content (AvgIpc) is 2.68. The van der Waals surface area contributed by atoms with Gasteiger partial charge in [-0.25, -0.2) is 14.4 Å². The van der Waals surface area contributed by atoms with Crippen LogP contribution < -0.4 is 10.2 Å². The molecule has 0 aliphatic carbocycles. The van der Waals surface area contributed by atoms with Crippen molar-refractivity contribution in [3.8, 4) is 11.4 Å². The van der Waals surface area contributed by atoms with Crippen LogP contribution >= 0.6 is 0 Å². The predicted octanol–water partition coefficient (Wildman–Crippen LogP) is 3.41. The van der Waals surface area contributed by atoms with Crippen LogP contribution in [0.25, 0.3) is 11.4 Å². The van der Waals surface area contributed by atoms with Crippen molar-refractivity contribution in [3.05, 3.63) is 42.3 Å². The van der Waals surface area contributed by atoms with Gasteiger partial charge in [0.05, 0.1) is 5.92 Å². The summed E-state index contributed by atoms with van der Waals surface area (Å²) >= 11 is 0. The molecular formula is C20H25FN4O. The molecule has 0 unspecified atom stereocenters. The third-order valence-electron chi connectivity index (χ3n) is 4.86. The van der Waals surface area contributed by atoms with Crippen molar-refractivity contribution < 1.29 is 9.18 Å². The van der Waals surface area contributed by atoms with Gasteiger partial charge in [-0.2, -0.15) is 0 Å². The summed E-state index contributed by atoms with van der Waals surface area (Å²) in [6, 6.07) is 8.22. The molecule has 1 amide bonds. The summed E-state index contributed by atoms with van der Waals surface area (Å²) in [7, 11) is 0. The van der Waals surface area contributed by atoms with Gasteiger partial charge in [0.25, 0.3) is 0 Å². The van der Waals surface area contributed by atoms with Gasteiger partial charge in [-0.15, -0.1) is 0 Å². The minimum absolute atomic E-state index is 0.0259. The second-order valence-electron chi connectivity index (χ2n) is 6.85. The van der Waals surface area contributed by atoms with E-state index in [1.807, 2.05) is 13.0 Å². The SMILES string of the molecule is CC[C@@H](C)NC(=O)[C@H]1CCCN(c2ccnc(-c3ccc(F)cc3)n2)C1. The Morgan fingerprint density at radius 1 is 1.35 bits per heavy atom. The molecule has 1 N–H and O–H groups in total. The third-order valence-corrected chi connectivity index (χ3v) is 4.86. The minimum atomic E-state index is -0.281. The maximum absolute atomic E-state index is 13.1. The van der Waals surface area contributed by atoms with Crippen LogP contribution in [0.2, 0.25) is 0 Å². The van der Waals surface area contributed by atoms with E-state index in [9.17, 15) is 9.18 Å². The maximum atomic E-state index is 13.1. The number of hydrogen-bond donors (Lipinski definition) is 1. The molecule has 6 heteroatoms. The van der Waals surface area contributed by atoms with Gasteiger partial charge in [0.2, 0.25) is 5.91 Å². The van der Waals surface area contributed by atoms with Crippen molar-refractivity contribution in [2.75, 3.05) is 18.0 Å². The van der Waals surface area contributed by atoms with E-state index in [-0.39, 0.29) is 23.7 Å². The highest BCUT2D eigenvalue weighted by Gasteiger charge is 2.27. The highest BCUT2D eigenvalue weighted by molar-refractivity contribution is 5.79. The largest absolute Gasteiger partial charge is 0.356 e. The van der Waals surface area contributed by atoms with Crippen LogP contribution in [0.4, 0.5) is 10.2 Å². The lowest BCUT2D eigenvalue weighted by molar-refractivity contribution is -0.125. The number of piperidine rings is 1. The molecule has 1 aliphatic rings. The summed E-state index contributed by atoms with van der Waals surface area (Å²) in [6.07, 6.45) is 4.49. The minimum Gasteiger partial charge on any atom is -0.356 e. The standard InChI is InChI=1S/C20H25FN4O/c1-3-14(2)23-20(26)16-5-4-12-25(13-16)18-10-11-22-19(24-18)15-6-8-17(21)9-7-15/h6-11,14,16H,3-5,12-13H2,1-2H3,(H,23,26)/t14-,16+/m1/s1. The fourth-order valence-corrected chi connectivity index (χ4v) is 3.13. The summed E-state index contributed by atoms with van der Waals surface area (Å²) in [5.74, 6) is 1.18. The Balaban J connectivity index is 1.73. The quantitative estimate of drug-likeness (QED) is 0.892. The Morgan fingerprint density at radius 2 is 2.12 bits per heavy atom. The van der Waals surface area contributed by atoms with Gasteiger partial charge in [0.1, 0.15) is 11.6 Å². The highest BCUT2D eigenvalue weighted by Crippen LogP contribution is 2.24. The molecular weight excluding hydrogens is 331 g/mol. The molecule has 0 spiro atoms. The van der Waals surface area contributed by atoms with Crippen LogP contribution in [0.3, 0.4) is 0 Å². The zero-order valence-electron chi connectivity index (χ0n) is 15.3. The summed E-state index contributed by atoms with van der Waals surface area (Å²) in [6.45, 7) is 5.61. The lowest BCUT2D eigenvalue weighted by Gasteiger charge is -2.33. The zero-order valence-corrected chi connectivity index (χ0v) is 15.3. The van der Waals surface area contributed by atoms with Crippen LogP contribution in [0, 0.1) is 11.7 Å². The maximum Gasteiger partial charge on any atom is 0.225 e. The summed E-state index contributed by atoms with van der Waals surface area (Å²) in [5.41, 5.74) is 0.774. The highest BCUT2D eigenvalue weighted by atomic mass is 19.1. The Labute approximate surface area is 153 Å². The van der Waals surface area contributed by atoms with E-state index in [4.69, 9.17) is 0 Å². The number of carbonyl (C=O) groups excluding carboxylic acids is 1. The van der Waals surface area contributed by atoms with E-state index in [1.165, 1.54) is 12.1 Å². The van der Waals surface area contributed by atoms with Crippen molar-refractivity contribution in [2.24, 2.45) is 5.92 Å². The fraction of sp³-hybridized carbons (Fsp3) is 0.450. The van der Waals surface area contributed by atoms with Crippen LogP contribution in [0.15, 0.2) is 36.5 Å². The second-order valence-corrected chi connectivity index (χ2v) is 6.85. The fourth-order valence-electron chi connectivity index (χ4n) is 3.13. The molecule has 0 saturated carbocycles. The van der Waals surface area contributed by atoms with Crippen LogP contribution in [0.5, 0.6) is 0 Å². The zero-order chi connectivity index (χ0) is 18.5. The van der Waals surface area contributed by atoms with Crippen LogP contribution in [0.1, 0.15) is 33.1 Å². The molecule has 1 aromatic heterocycles. The Kier molecular flexibility index (Phi) is 5.81. The molecule has 1 saturated heterocycles. The molecule has 1 aromatic carbocycles. The second kappa shape index (κ2) is 8.25. The van der Waals surface area contributed by atoms with Gasteiger partial charge in [0.15, 0.2) is 5.82 Å². The number of aromatic nitrogens is 2. The number of anilines is 1. The number of nitrogens with one attached hydrogen (secondary N) is 1. The van der Waals surface area contributed by atoms with Gasteiger partial charge in [-0.3, -0.25) is 4.79 Å². The van der Waals surface area contributed by atoms with E-state index < -0.39 is 0 Å².